The third-order valence-corrected chi connectivity index (χ3v) is 5.75. The Labute approximate surface area is 151 Å². The Balaban J connectivity index is 1.86. The molecule has 0 saturated carbocycles. The van der Waals surface area contributed by atoms with Crippen LogP contribution in [0.5, 0.6) is 0 Å². The second-order valence-electron chi connectivity index (χ2n) is 5.85. The Kier molecular flexibility index (Phi) is 6.64. The number of rotatable bonds is 8. The van der Waals surface area contributed by atoms with E-state index in [1.165, 1.54) is 7.11 Å². The number of nitro benzene ring substituents is 1. The number of benzene rings is 1. The average molecular weight is 386 g/mol. The molecule has 0 bridgehead atoms. The van der Waals surface area contributed by atoms with E-state index in [-0.39, 0.29) is 29.6 Å². The maximum Gasteiger partial charge on any atom is 0.269 e. The van der Waals surface area contributed by atoms with E-state index in [1.807, 2.05) is 0 Å². The summed E-state index contributed by atoms with van der Waals surface area (Å²) in [6.07, 6.45) is 1.09. The Morgan fingerprint density at radius 2 is 1.88 bits per heavy atom. The number of carbonyl (C=O) groups excluding carboxylic acids is 1. The van der Waals surface area contributed by atoms with E-state index >= 15 is 0 Å². The molecule has 1 heterocycles. The molecular formula is C15H22N4O6S. The van der Waals surface area contributed by atoms with Crippen molar-refractivity contribution in [1.29, 1.82) is 0 Å². The molecule has 10 nitrogen and oxygen atoms in total. The van der Waals surface area contributed by atoms with Crippen molar-refractivity contribution in [3.05, 3.63) is 34.4 Å². The summed E-state index contributed by atoms with van der Waals surface area (Å²) in [6, 6.07) is 4.56. The molecule has 0 unspecified atom stereocenters. The van der Waals surface area contributed by atoms with Crippen LogP contribution in [-0.2, 0) is 19.6 Å². The number of amides is 1. The number of piperidine rings is 1. The van der Waals surface area contributed by atoms with Crippen molar-refractivity contribution in [3.63, 3.8) is 0 Å². The molecule has 0 radical (unpaired) electrons. The van der Waals surface area contributed by atoms with Gasteiger partial charge in [-0.05, 0) is 38.1 Å². The van der Waals surface area contributed by atoms with E-state index in [4.69, 9.17) is 4.74 Å². The molecule has 1 aromatic rings. The van der Waals surface area contributed by atoms with E-state index < -0.39 is 20.5 Å². The first-order chi connectivity index (χ1) is 12.3. The monoisotopic (exact) mass is 386 g/mol. The van der Waals surface area contributed by atoms with Gasteiger partial charge < -0.3 is 15.4 Å². The molecule has 0 aromatic heterocycles. The van der Waals surface area contributed by atoms with Gasteiger partial charge in [-0.3, -0.25) is 14.9 Å². The number of ether oxygens (including phenoxy) is 1. The van der Waals surface area contributed by atoms with Crippen LogP contribution in [0, 0.1) is 10.1 Å². The lowest BCUT2D eigenvalue weighted by atomic mass is 9.91. The largest absolute Gasteiger partial charge is 0.368 e. The van der Waals surface area contributed by atoms with E-state index in [1.54, 1.807) is 0 Å². The Morgan fingerprint density at radius 1 is 1.27 bits per heavy atom. The number of carbonyl (C=O) groups is 1. The number of methoxy groups -OCH3 is 1. The highest BCUT2D eigenvalue weighted by Crippen LogP contribution is 2.22. The van der Waals surface area contributed by atoms with Crippen molar-refractivity contribution < 1.29 is 22.9 Å². The van der Waals surface area contributed by atoms with Crippen molar-refractivity contribution in [2.24, 2.45) is 0 Å². The lowest BCUT2D eigenvalue weighted by molar-refractivity contribution is -0.384. The van der Waals surface area contributed by atoms with Crippen LogP contribution >= 0.6 is 0 Å². The number of sulfonamides is 1. The molecule has 26 heavy (non-hydrogen) atoms. The van der Waals surface area contributed by atoms with Gasteiger partial charge in [0.2, 0.25) is 10.0 Å². The minimum absolute atomic E-state index is 0.0108. The van der Waals surface area contributed by atoms with Crippen LogP contribution in [0.25, 0.3) is 0 Å². The van der Waals surface area contributed by atoms with Gasteiger partial charge in [-0.25, -0.2) is 13.1 Å². The van der Waals surface area contributed by atoms with Crippen LogP contribution in [0.4, 0.5) is 5.69 Å². The minimum atomic E-state index is -3.81. The molecule has 0 aliphatic carbocycles. The smallest absolute Gasteiger partial charge is 0.269 e. The molecule has 11 heteroatoms. The third-order valence-electron chi connectivity index (χ3n) is 4.28. The highest BCUT2D eigenvalue weighted by Gasteiger charge is 2.39. The Hall–Kier alpha value is -2.08. The summed E-state index contributed by atoms with van der Waals surface area (Å²) in [5.41, 5.74) is -1.08. The van der Waals surface area contributed by atoms with E-state index in [2.05, 4.69) is 15.4 Å². The zero-order chi connectivity index (χ0) is 19.2. The second kappa shape index (κ2) is 8.54. The summed E-state index contributed by atoms with van der Waals surface area (Å²) in [5, 5.41) is 16.4. The zero-order valence-corrected chi connectivity index (χ0v) is 15.2. The molecular weight excluding hydrogens is 364 g/mol. The average Bonchev–Trinajstić information content (AvgIpc) is 2.65. The summed E-state index contributed by atoms with van der Waals surface area (Å²) in [7, 11) is -2.32. The van der Waals surface area contributed by atoms with Gasteiger partial charge in [-0.1, -0.05) is 0 Å². The standard InChI is InChI=1S/C15H22N4O6S/c1-25-15(6-8-16-9-7-15)14(20)17-10-11-18-26(23,24)13-4-2-12(3-5-13)19(21)22/h2-5,16,18H,6-11H2,1H3,(H,17,20). The number of nitrogens with one attached hydrogen (secondary N) is 3. The Morgan fingerprint density at radius 3 is 2.42 bits per heavy atom. The third kappa shape index (κ3) is 4.75. The summed E-state index contributed by atoms with van der Waals surface area (Å²) in [4.78, 5) is 22.3. The number of non-ortho nitro benzene ring substituents is 1. The van der Waals surface area contributed by atoms with Crippen molar-refractivity contribution >= 4 is 21.6 Å². The molecule has 0 spiro atoms. The molecule has 3 N–H and O–H groups in total. The van der Waals surface area contributed by atoms with E-state index in [0.29, 0.717) is 25.9 Å². The van der Waals surface area contributed by atoms with Crippen LogP contribution in [0.2, 0.25) is 0 Å². The predicted molar refractivity (Wildman–Crippen MR) is 93.1 cm³/mol. The van der Waals surface area contributed by atoms with Crippen molar-refractivity contribution in [2.45, 2.75) is 23.3 Å². The van der Waals surface area contributed by atoms with Crippen molar-refractivity contribution in [1.82, 2.24) is 15.4 Å². The predicted octanol–water partition coefficient (Wildman–Crippen LogP) is -0.242. The van der Waals surface area contributed by atoms with Gasteiger partial charge in [0.15, 0.2) is 0 Å². The molecule has 0 atom stereocenters. The number of hydrogen-bond acceptors (Lipinski definition) is 7. The fraction of sp³-hybridized carbons (Fsp3) is 0.533. The molecule has 1 saturated heterocycles. The fourth-order valence-corrected chi connectivity index (χ4v) is 3.74. The minimum Gasteiger partial charge on any atom is -0.368 e. The number of nitro groups is 1. The topological polar surface area (TPSA) is 140 Å². The molecule has 2 rings (SSSR count). The van der Waals surface area contributed by atoms with Gasteiger partial charge >= 0.3 is 0 Å². The number of hydrogen-bond donors (Lipinski definition) is 3. The molecule has 1 amide bonds. The maximum absolute atomic E-state index is 12.3. The van der Waals surface area contributed by atoms with Gasteiger partial charge in [-0.2, -0.15) is 0 Å². The lowest BCUT2D eigenvalue weighted by Gasteiger charge is -2.34. The van der Waals surface area contributed by atoms with Crippen LogP contribution in [-0.4, -0.2) is 58.1 Å². The van der Waals surface area contributed by atoms with Gasteiger partial charge in [0.1, 0.15) is 5.60 Å². The van der Waals surface area contributed by atoms with Gasteiger partial charge in [0.05, 0.1) is 9.82 Å². The molecule has 1 aromatic carbocycles. The molecule has 1 fully saturated rings. The molecule has 1 aliphatic heterocycles. The first-order valence-corrected chi connectivity index (χ1v) is 9.57. The first-order valence-electron chi connectivity index (χ1n) is 8.09. The van der Waals surface area contributed by atoms with Crippen molar-refractivity contribution in [3.8, 4) is 0 Å². The maximum atomic E-state index is 12.3. The van der Waals surface area contributed by atoms with E-state index in [0.717, 1.165) is 24.3 Å². The van der Waals surface area contributed by atoms with Crippen LogP contribution in [0.1, 0.15) is 12.8 Å². The second-order valence-corrected chi connectivity index (χ2v) is 7.62. The number of nitrogens with zero attached hydrogens (tertiary/aromatic N) is 1. The Bertz CT molecular complexity index is 744. The van der Waals surface area contributed by atoms with Gasteiger partial charge in [0.25, 0.3) is 11.6 Å². The normalized spacial score (nSPS) is 16.8. The molecule has 1 aliphatic rings. The lowest BCUT2D eigenvalue weighted by Crippen LogP contribution is -2.54. The first kappa shape index (κ1) is 20.2. The summed E-state index contributed by atoms with van der Waals surface area (Å²) in [6.45, 7) is 1.44. The zero-order valence-electron chi connectivity index (χ0n) is 14.4. The fourth-order valence-electron chi connectivity index (χ4n) is 2.71. The van der Waals surface area contributed by atoms with Crippen LogP contribution in [0.15, 0.2) is 29.2 Å². The highest BCUT2D eigenvalue weighted by atomic mass is 32.2. The SMILES string of the molecule is COC1(C(=O)NCCNS(=O)(=O)c2ccc([N+](=O)[O-])cc2)CCNCC1. The van der Waals surface area contributed by atoms with E-state index in [9.17, 15) is 23.3 Å². The van der Waals surface area contributed by atoms with Gasteiger partial charge in [0, 0.05) is 32.3 Å². The quantitative estimate of drug-likeness (QED) is 0.318. The summed E-state index contributed by atoms with van der Waals surface area (Å²) < 4.78 is 32.0. The van der Waals surface area contributed by atoms with Crippen molar-refractivity contribution in [2.75, 3.05) is 33.3 Å². The highest BCUT2D eigenvalue weighted by molar-refractivity contribution is 7.89. The van der Waals surface area contributed by atoms with Crippen LogP contribution < -0.4 is 15.4 Å². The summed E-state index contributed by atoms with van der Waals surface area (Å²) in [5.74, 6) is -0.268. The summed E-state index contributed by atoms with van der Waals surface area (Å²) >= 11 is 0. The van der Waals surface area contributed by atoms with Gasteiger partial charge in [-0.15, -0.1) is 0 Å². The van der Waals surface area contributed by atoms with Crippen LogP contribution in [0.3, 0.4) is 0 Å². The molecule has 144 valence electrons.